The van der Waals surface area contributed by atoms with Crippen molar-refractivity contribution >= 4 is 27.7 Å². The predicted molar refractivity (Wildman–Crippen MR) is 114 cm³/mol. The number of carbonyl (C=O) groups is 2. The van der Waals surface area contributed by atoms with Gasteiger partial charge in [-0.25, -0.2) is 13.6 Å². The zero-order valence-electron chi connectivity index (χ0n) is 17.8. The van der Waals surface area contributed by atoms with E-state index in [0.717, 1.165) is 4.47 Å². The summed E-state index contributed by atoms with van der Waals surface area (Å²) in [4.78, 5) is 24.9. The molecule has 30 heavy (non-hydrogen) atoms. The molecule has 0 saturated heterocycles. The second-order valence-corrected chi connectivity index (χ2v) is 9.42. The molecular formula is C23H25BrF2O4. The third kappa shape index (κ3) is 5.06. The van der Waals surface area contributed by atoms with E-state index in [4.69, 9.17) is 9.47 Å². The maximum Gasteiger partial charge on any atom is 0.344 e. The lowest BCUT2D eigenvalue weighted by molar-refractivity contribution is -0.150. The number of ketones is 1. The molecule has 0 fully saturated rings. The first-order valence-electron chi connectivity index (χ1n) is 9.35. The second kappa shape index (κ2) is 8.84. The molecule has 4 nitrogen and oxygen atoms in total. The Balaban J connectivity index is 2.44. The van der Waals surface area contributed by atoms with Gasteiger partial charge in [-0.3, -0.25) is 4.79 Å². The van der Waals surface area contributed by atoms with Crippen LogP contribution in [0.3, 0.4) is 0 Å². The van der Waals surface area contributed by atoms with Crippen molar-refractivity contribution in [2.45, 2.75) is 40.2 Å². The Morgan fingerprint density at radius 2 is 1.70 bits per heavy atom. The number of ether oxygens (including phenoxy) is 2. The molecule has 0 aromatic heterocycles. The molecule has 0 N–H and O–H groups in total. The lowest BCUT2D eigenvalue weighted by Crippen LogP contribution is -2.35. The van der Waals surface area contributed by atoms with Crippen LogP contribution >= 0.6 is 15.9 Å². The van der Waals surface area contributed by atoms with Crippen LogP contribution in [0.25, 0.3) is 0 Å². The smallest absolute Gasteiger partial charge is 0.344 e. The molecule has 0 aliphatic heterocycles. The Morgan fingerprint density at radius 1 is 1.13 bits per heavy atom. The Labute approximate surface area is 183 Å². The van der Waals surface area contributed by atoms with Gasteiger partial charge in [0.1, 0.15) is 22.8 Å². The highest BCUT2D eigenvalue weighted by Crippen LogP contribution is 2.49. The lowest BCUT2D eigenvalue weighted by atomic mass is 9.71. The van der Waals surface area contributed by atoms with E-state index in [2.05, 4.69) is 15.9 Å². The molecule has 162 valence electrons. The normalized spacial score (nSPS) is 19.3. The summed E-state index contributed by atoms with van der Waals surface area (Å²) in [5, 5.41) is 0. The molecular weight excluding hydrogens is 458 g/mol. The maximum absolute atomic E-state index is 15.3. The number of hydrogen-bond acceptors (Lipinski definition) is 4. The van der Waals surface area contributed by atoms with Crippen molar-refractivity contribution < 1.29 is 27.8 Å². The van der Waals surface area contributed by atoms with Crippen LogP contribution in [0.15, 0.2) is 63.9 Å². The average Bonchev–Trinajstić information content (AvgIpc) is 2.62. The number of hydrogen-bond donors (Lipinski definition) is 0. The molecule has 0 radical (unpaired) electrons. The van der Waals surface area contributed by atoms with E-state index in [1.807, 2.05) is 0 Å². The molecule has 1 unspecified atom stereocenters. The largest absolute Gasteiger partial charge is 0.497 e. The average molecular weight is 483 g/mol. The maximum atomic E-state index is 15.3. The van der Waals surface area contributed by atoms with Crippen molar-refractivity contribution in [2.75, 3.05) is 7.11 Å². The number of rotatable bonds is 5. The van der Waals surface area contributed by atoms with E-state index in [1.54, 1.807) is 45.0 Å². The molecule has 2 rings (SSSR count). The quantitative estimate of drug-likeness (QED) is 0.283. The van der Waals surface area contributed by atoms with Gasteiger partial charge < -0.3 is 9.47 Å². The van der Waals surface area contributed by atoms with Crippen molar-refractivity contribution in [2.24, 2.45) is 11.3 Å². The first-order valence-corrected chi connectivity index (χ1v) is 10.1. The summed E-state index contributed by atoms with van der Waals surface area (Å²) in [5.74, 6) is -4.68. The Bertz CT molecular complexity index is 935. The molecule has 1 aliphatic carbocycles. The van der Waals surface area contributed by atoms with Crippen LogP contribution in [0.5, 0.6) is 0 Å². The van der Waals surface area contributed by atoms with Gasteiger partial charge in [0.05, 0.1) is 7.11 Å². The fourth-order valence-electron chi connectivity index (χ4n) is 3.09. The number of carbonyl (C=O) groups excluding carboxylic acids is 2. The highest BCUT2D eigenvalue weighted by atomic mass is 79.9. The zero-order chi connectivity index (χ0) is 22.9. The van der Waals surface area contributed by atoms with Gasteiger partial charge in [-0.1, -0.05) is 35.9 Å². The van der Waals surface area contributed by atoms with Crippen molar-refractivity contribution in [3.8, 4) is 0 Å². The third-order valence-electron chi connectivity index (χ3n) is 4.67. The first-order chi connectivity index (χ1) is 13.8. The van der Waals surface area contributed by atoms with Gasteiger partial charge in [-0.05, 0) is 51.1 Å². The van der Waals surface area contributed by atoms with E-state index in [-0.39, 0.29) is 11.5 Å². The van der Waals surface area contributed by atoms with Crippen molar-refractivity contribution in [3.63, 3.8) is 0 Å². The molecule has 1 aromatic carbocycles. The van der Waals surface area contributed by atoms with E-state index in [0.29, 0.717) is 5.56 Å². The summed E-state index contributed by atoms with van der Waals surface area (Å²) in [6.07, 6.45) is 2.65. The minimum Gasteiger partial charge on any atom is -0.497 e. The summed E-state index contributed by atoms with van der Waals surface area (Å²) in [6, 6.07) is 6.72. The SMILES string of the molecule is COC1=C(F)C(C(=O)OC(C)(C)C)=C(F)C(C)(C)C1C=CC(=O)c1ccc(Br)cc1. The minimum absolute atomic E-state index is 0.234. The first kappa shape index (κ1) is 24.0. The van der Waals surface area contributed by atoms with Gasteiger partial charge in [0.2, 0.25) is 0 Å². The van der Waals surface area contributed by atoms with Crippen molar-refractivity contribution in [1.29, 1.82) is 0 Å². The van der Waals surface area contributed by atoms with E-state index >= 15 is 8.78 Å². The van der Waals surface area contributed by atoms with Crippen LogP contribution in [0.1, 0.15) is 45.0 Å². The monoisotopic (exact) mass is 482 g/mol. The fraction of sp³-hybridized carbons (Fsp3) is 0.391. The highest BCUT2D eigenvalue weighted by Gasteiger charge is 2.47. The van der Waals surface area contributed by atoms with E-state index in [1.165, 1.54) is 33.1 Å². The number of esters is 1. The van der Waals surface area contributed by atoms with Gasteiger partial charge in [-0.15, -0.1) is 0 Å². The molecule has 1 aromatic rings. The molecule has 1 aliphatic rings. The highest BCUT2D eigenvalue weighted by molar-refractivity contribution is 9.10. The van der Waals surface area contributed by atoms with Crippen LogP contribution in [0.2, 0.25) is 0 Å². The van der Waals surface area contributed by atoms with Crippen LogP contribution < -0.4 is 0 Å². The van der Waals surface area contributed by atoms with Crippen LogP contribution in [-0.2, 0) is 14.3 Å². The van der Waals surface area contributed by atoms with Crippen LogP contribution in [-0.4, -0.2) is 24.5 Å². The van der Waals surface area contributed by atoms with Crippen LogP contribution in [0.4, 0.5) is 8.78 Å². The summed E-state index contributed by atoms with van der Waals surface area (Å²) in [6.45, 7) is 7.84. The number of benzene rings is 1. The van der Waals surface area contributed by atoms with Gasteiger partial charge in [-0.2, -0.15) is 0 Å². The summed E-state index contributed by atoms with van der Waals surface area (Å²) >= 11 is 3.30. The molecule has 7 heteroatoms. The zero-order valence-corrected chi connectivity index (χ0v) is 19.4. The number of allylic oxidation sites excluding steroid dienone is 3. The van der Waals surface area contributed by atoms with Crippen molar-refractivity contribution in [3.05, 3.63) is 69.4 Å². The standard InChI is InChI=1S/C23H25BrF2O4/c1-22(2,3)30-21(28)17-18(25)19(29-6)15(23(4,5)20(17)26)11-12-16(27)13-7-9-14(24)10-8-13/h7-12,15H,1-6H3. The van der Waals surface area contributed by atoms with Gasteiger partial charge in [0, 0.05) is 21.4 Å². The van der Waals surface area contributed by atoms with Gasteiger partial charge in [0.15, 0.2) is 11.6 Å². The Kier molecular flexibility index (Phi) is 7.07. The topological polar surface area (TPSA) is 52.6 Å². The Morgan fingerprint density at radius 3 is 2.20 bits per heavy atom. The second-order valence-electron chi connectivity index (χ2n) is 8.50. The number of methoxy groups -OCH3 is 1. The molecule has 1 atom stereocenters. The molecule has 0 saturated carbocycles. The summed E-state index contributed by atoms with van der Waals surface area (Å²) in [5.41, 5.74) is -2.62. The summed E-state index contributed by atoms with van der Waals surface area (Å²) < 4.78 is 41.6. The van der Waals surface area contributed by atoms with E-state index < -0.39 is 40.1 Å². The van der Waals surface area contributed by atoms with Crippen molar-refractivity contribution in [1.82, 2.24) is 0 Å². The van der Waals surface area contributed by atoms with Gasteiger partial charge in [0.25, 0.3) is 0 Å². The van der Waals surface area contributed by atoms with Crippen LogP contribution in [0, 0.1) is 11.3 Å². The molecule has 0 bridgehead atoms. The minimum atomic E-state index is -1.34. The summed E-state index contributed by atoms with van der Waals surface area (Å²) in [7, 11) is 1.23. The fourth-order valence-corrected chi connectivity index (χ4v) is 3.35. The lowest BCUT2D eigenvalue weighted by Gasteiger charge is -2.36. The number of halogens is 3. The Hall–Kier alpha value is -2.28. The molecule has 0 amide bonds. The third-order valence-corrected chi connectivity index (χ3v) is 5.20. The molecule has 0 spiro atoms. The predicted octanol–water partition coefficient (Wildman–Crippen LogP) is 6.24. The molecule has 0 heterocycles. The van der Waals surface area contributed by atoms with E-state index in [9.17, 15) is 9.59 Å². The van der Waals surface area contributed by atoms with Gasteiger partial charge >= 0.3 is 5.97 Å².